The zero-order valence-electron chi connectivity index (χ0n) is 9.08. The molecular formula is C9H9N2NaO3S2. The van der Waals surface area contributed by atoms with E-state index in [1.54, 1.807) is 18.5 Å². The molecule has 86 valence electrons. The number of H-pyrrole nitrogens is 2. The van der Waals surface area contributed by atoms with Gasteiger partial charge in [-0.1, -0.05) is 18.2 Å². The van der Waals surface area contributed by atoms with E-state index in [4.69, 9.17) is 0 Å². The van der Waals surface area contributed by atoms with E-state index in [1.807, 2.05) is 0 Å². The summed E-state index contributed by atoms with van der Waals surface area (Å²) in [6.07, 6.45) is 3.50. The first-order valence-electron chi connectivity index (χ1n) is 4.23. The Morgan fingerprint density at radius 2 is 1.53 bits per heavy atom. The maximum Gasteiger partial charge on any atom is 1.00 e. The van der Waals surface area contributed by atoms with Gasteiger partial charge in [-0.2, -0.15) is 0 Å². The minimum Gasteiger partial charge on any atom is -0.744 e. The van der Waals surface area contributed by atoms with Crippen LogP contribution in [-0.4, -0.2) is 22.9 Å². The average molecular weight is 280 g/mol. The standard InChI is InChI=1S/C6H6O3S.C3H4N2S.Na/c7-10(8,9)6-4-2-1-3-5-6;6-3-4-1-2-5-3;/h1-5H,(H,7,8,9);1-2H,(H2,4,5,6);/q;;+1/p-1. The van der Waals surface area contributed by atoms with Crippen molar-refractivity contribution in [3.05, 3.63) is 47.5 Å². The van der Waals surface area contributed by atoms with Gasteiger partial charge in [0.1, 0.15) is 10.1 Å². The number of hydrogen-bond acceptors (Lipinski definition) is 4. The monoisotopic (exact) mass is 280 g/mol. The molecule has 0 aliphatic carbocycles. The van der Waals surface area contributed by atoms with Crippen LogP contribution in [-0.2, 0) is 10.1 Å². The second-order valence-electron chi connectivity index (χ2n) is 2.72. The molecule has 0 aliphatic rings. The molecule has 17 heavy (non-hydrogen) atoms. The third kappa shape index (κ3) is 6.77. The summed E-state index contributed by atoms with van der Waals surface area (Å²) < 4.78 is 31.5. The van der Waals surface area contributed by atoms with E-state index >= 15 is 0 Å². The van der Waals surface area contributed by atoms with E-state index in [2.05, 4.69) is 22.2 Å². The summed E-state index contributed by atoms with van der Waals surface area (Å²) in [4.78, 5) is 5.33. The van der Waals surface area contributed by atoms with Crippen LogP contribution < -0.4 is 29.6 Å². The fourth-order valence-corrected chi connectivity index (χ4v) is 1.49. The molecule has 0 saturated carbocycles. The van der Waals surface area contributed by atoms with Gasteiger partial charge in [0.15, 0.2) is 4.77 Å². The molecule has 0 radical (unpaired) electrons. The number of nitrogens with one attached hydrogen (secondary N) is 2. The van der Waals surface area contributed by atoms with Crippen molar-refractivity contribution in [2.24, 2.45) is 0 Å². The van der Waals surface area contributed by atoms with Crippen LogP contribution in [0.3, 0.4) is 0 Å². The van der Waals surface area contributed by atoms with Crippen molar-refractivity contribution in [2.75, 3.05) is 0 Å². The zero-order valence-corrected chi connectivity index (χ0v) is 12.7. The SMILES string of the molecule is O=S(=O)([O-])c1ccccc1.S=c1[nH]cc[nH]1.[Na+]. The van der Waals surface area contributed by atoms with Crippen LogP contribution in [0.1, 0.15) is 0 Å². The molecule has 0 fully saturated rings. The van der Waals surface area contributed by atoms with E-state index < -0.39 is 10.1 Å². The third-order valence-corrected chi connectivity index (χ3v) is 2.63. The van der Waals surface area contributed by atoms with Crippen molar-refractivity contribution in [1.29, 1.82) is 0 Å². The second-order valence-corrected chi connectivity index (χ2v) is 4.51. The van der Waals surface area contributed by atoms with Crippen LogP contribution in [0.5, 0.6) is 0 Å². The molecule has 0 spiro atoms. The summed E-state index contributed by atoms with van der Waals surface area (Å²) >= 11 is 4.63. The summed E-state index contributed by atoms with van der Waals surface area (Å²) in [5.41, 5.74) is 0. The number of imidazole rings is 1. The second kappa shape index (κ2) is 7.80. The Morgan fingerprint density at radius 1 is 1.06 bits per heavy atom. The molecular weight excluding hydrogens is 271 g/mol. The quantitative estimate of drug-likeness (QED) is 0.385. The van der Waals surface area contributed by atoms with E-state index in [0.29, 0.717) is 4.77 Å². The van der Waals surface area contributed by atoms with Gasteiger partial charge in [0.25, 0.3) is 0 Å². The smallest absolute Gasteiger partial charge is 0.744 e. The average Bonchev–Trinajstić information content (AvgIpc) is 2.70. The largest absolute Gasteiger partial charge is 1.00 e. The maximum absolute atomic E-state index is 10.3. The maximum atomic E-state index is 10.3. The predicted molar refractivity (Wildman–Crippen MR) is 60.4 cm³/mol. The van der Waals surface area contributed by atoms with Gasteiger partial charge in [-0.3, -0.25) is 0 Å². The van der Waals surface area contributed by atoms with Crippen LogP contribution in [0.2, 0.25) is 0 Å². The molecule has 1 heterocycles. The molecule has 0 aliphatic heterocycles. The summed E-state index contributed by atoms with van der Waals surface area (Å²) in [6.45, 7) is 0. The number of hydrogen-bond donors (Lipinski definition) is 2. The van der Waals surface area contributed by atoms with Crippen LogP contribution in [0, 0.1) is 4.77 Å². The fourth-order valence-electron chi connectivity index (χ4n) is 0.864. The Bertz CT molecular complexity index is 561. The van der Waals surface area contributed by atoms with Crippen molar-refractivity contribution in [3.63, 3.8) is 0 Å². The Labute approximate surface area is 126 Å². The van der Waals surface area contributed by atoms with Gasteiger partial charge in [0.05, 0.1) is 4.90 Å². The Morgan fingerprint density at radius 3 is 1.76 bits per heavy atom. The van der Waals surface area contributed by atoms with Crippen LogP contribution >= 0.6 is 12.2 Å². The first-order chi connectivity index (χ1) is 7.50. The molecule has 1 aromatic carbocycles. The molecule has 0 unspecified atom stereocenters. The van der Waals surface area contributed by atoms with E-state index in [9.17, 15) is 13.0 Å². The van der Waals surface area contributed by atoms with E-state index in [-0.39, 0.29) is 34.5 Å². The Hall–Kier alpha value is -0.440. The van der Waals surface area contributed by atoms with Gasteiger partial charge in [-0.05, 0) is 24.4 Å². The third-order valence-electron chi connectivity index (χ3n) is 1.54. The molecule has 2 aromatic rings. The van der Waals surface area contributed by atoms with Gasteiger partial charge in [-0.25, -0.2) is 8.42 Å². The number of benzene rings is 1. The van der Waals surface area contributed by atoms with Crippen LogP contribution in [0.4, 0.5) is 0 Å². The van der Waals surface area contributed by atoms with Gasteiger partial charge in [0.2, 0.25) is 0 Å². The van der Waals surface area contributed by atoms with Crippen molar-refractivity contribution in [2.45, 2.75) is 4.90 Å². The molecule has 5 nitrogen and oxygen atoms in total. The molecule has 0 amide bonds. The summed E-state index contributed by atoms with van der Waals surface area (Å²) in [5, 5.41) is 0. The number of aromatic nitrogens is 2. The number of aromatic amines is 2. The molecule has 2 rings (SSSR count). The molecule has 0 bridgehead atoms. The number of rotatable bonds is 1. The predicted octanol–water partition coefficient (Wildman–Crippen LogP) is -1.33. The van der Waals surface area contributed by atoms with Crippen LogP contribution in [0.25, 0.3) is 0 Å². The topological polar surface area (TPSA) is 88.8 Å². The van der Waals surface area contributed by atoms with Crippen molar-refractivity contribution < 1.29 is 42.5 Å². The van der Waals surface area contributed by atoms with Crippen molar-refractivity contribution >= 4 is 22.3 Å². The Kier molecular flexibility index (Phi) is 7.60. The zero-order chi connectivity index (χ0) is 12.0. The van der Waals surface area contributed by atoms with Gasteiger partial charge in [-0.15, -0.1) is 0 Å². The van der Waals surface area contributed by atoms with Gasteiger partial charge < -0.3 is 14.5 Å². The molecule has 8 heteroatoms. The molecule has 2 N–H and O–H groups in total. The minimum absolute atomic E-state index is 0. The molecule has 0 saturated heterocycles. The van der Waals surface area contributed by atoms with Crippen molar-refractivity contribution in [1.82, 2.24) is 9.97 Å². The van der Waals surface area contributed by atoms with Crippen molar-refractivity contribution in [3.8, 4) is 0 Å². The summed E-state index contributed by atoms with van der Waals surface area (Å²) in [6, 6.07) is 7.19. The summed E-state index contributed by atoms with van der Waals surface area (Å²) in [5.74, 6) is 0. The van der Waals surface area contributed by atoms with Gasteiger partial charge in [0, 0.05) is 12.4 Å². The van der Waals surface area contributed by atoms with Crippen LogP contribution in [0.15, 0.2) is 47.6 Å². The van der Waals surface area contributed by atoms with Gasteiger partial charge >= 0.3 is 29.6 Å². The Balaban J connectivity index is 0.000000316. The van der Waals surface area contributed by atoms with E-state index in [0.717, 1.165) is 0 Å². The molecule has 1 aromatic heterocycles. The van der Waals surface area contributed by atoms with E-state index in [1.165, 1.54) is 24.3 Å². The summed E-state index contributed by atoms with van der Waals surface area (Å²) in [7, 11) is -4.25. The minimum atomic E-state index is -4.25. The first kappa shape index (κ1) is 16.6. The fraction of sp³-hybridized carbons (Fsp3) is 0. The first-order valence-corrected chi connectivity index (χ1v) is 6.05. The normalized spacial score (nSPS) is 9.71. The molecule has 0 atom stereocenters.